The van der Waals surface area contributed by atoms with Gasteiger partial charge in [-0.2, -0.15) is 0 Å². The summed E-state index contributed by atoms with van der Waals surface area (Å²) in [6.07, 6.45) is 0.270. The lowest BCUT2D eigenvalue weighted by Gasteiger charge is -2.31. The Balaban J connectivity index is 1.94. The number of likely N-dealkylation sites (tertiary alicyclic amines) is 1. The zero-order valence-corrected chi connectivity index (χ0v) is 10.0. The van der Waals surface area contributed by atoms with Crippen molar-refractivity contribution in [3.05, 3.63) is 35.4 Å². The van der Waals surface area contributed by atoms with Gasteiger partial charge < -0.3 is 15.1 Å². The molecule has 1 atom stereocenters. The van der Waals surface area contributed by atoms with Crippen LogP contribution >= 0.6 is 0 Å². The van der Waals surface area contributed by atoms with E-state index in [4.69, 9.17) is 0 Å². The van der Waals surface area contributed by atoms with Crippen LogP contribution in [-0.4, -0.2) is 40.9 Å². The molecule has 0 saturated carbocycles. The van der Waals surface area contributed by atoms with Crippen molar-refractivity contribution in [3.63, 3.8) is 0 Å². The normalized spacial score (nSPS) is 20.0. The summed E-state index contributed by atoms with van der Waals surface area (Å²) < 4.78 is 25.8. The molecule has 1 aliphatic heterocycles. The maximum atomic E-state index is 13.0. The van der Waals surface area contributed by atoms with Crippen LogP contribution in [0.5, 0.6) is 0 Å². The second kappa shape index (κ2) is 5.73. The van der Waals surface area contributed by atoms with Crippen molar-refractivity contribution < 1.29 is 19.0 Å². The monoisotopic (exact) mass is 257 g/mol. The summed E-state index contributed by atoms with van der Waals surface area (Å²) in [5, 5.41) is 19.3. The number of rotatable bonds is 3. The van der Waals surface area contributed by atoms with Crippen molar-refractivity contribution in [1.82, 2.24) is 4.90 Å². The first-order valence-corrected chi connectivity index (χ1v) is 6.09. The number of piperidine rings is 1. The van der Waals surface area contributed by atoms with Gasteiger partial charge in [-0.1, -0.05) is 6.07 Å². The fraction of sp³-hybridized carbons (Fsp3) is 0.538. The van der Waals surface area contributed by atoms with E-state index in [0.29, 0.717) is 38.0 Å². The SMILES string of the molecule is OC1CCN(CC(O)c2ccc(F)c(F)c2)CC1. The van der Waals surface area contributed by atoms with Gasteiger partial charge in [0, 0.05) is 19.6 Å². The van der Waals surface area contributed by atoms with Crippen molar-refractivity contribution >= 4 is 0 Å². The third kappa shape index (κ3) is 3.25. The summed E-state index contributed by atoms with van der Waals surface area (Å²) >= 11 is 0. The van der Waals surface area contributed by atoms with Crippen LogP contribution in [0.4, 0.5) is 8.78 Å². The van der Waals surface area contributed by atoms with Crippen LogP contribution in [0, 0.1) is 11.6 Å². The average molecular weight is 257 g/mol. The molecule has 1 aromatic carbocycles. The summed E-state index contributed by atoms with van der Waals surface area (Å²) in [6, 6.07) is 3.44. The van der Waals surface area contributed by atoms with E-state index in [2.05, 4.69) is 0 Å². The summed E-state index contributed by atoms with van der Waals surface area (Å²) in [6.45, 7) is 1.79. The highest BCUT2D eigenvalue weighted by molar-refractivity contribution is 5.20. The fourth-order valence-electron chi connectivity index (χ4n) is 2.17. The molecule has 3 nitrogen and oxygen atoms in total. The molecule has 0 radical (unpaired) electrons. The molecule has 2 N–H and O–H groups in total. The fourth-order valence-corrected chi connectivity index (χ4v) is 2.17. The number of nitrogens with zero attached hydrogens (tertiary/aromatic N) is 1. The van der Waals surface area contributed by atoms with Crippen molar-refractivity contribution in [3.8, 4) is 0 Å². The topological polar surface area (TPSA) is 43.7 Å². The number of aliphatic hydroxyl groups excluding tert-OH is 2. The molecule has 1 aromatic rings. The van der Waals surface area contributed by atoms with Crippen LogP contribution in [0.15, 0.2) is 18.2 Å². The second-order valence-electron chi connectivity index (χ2n) is 4.72. The van der Waals surface area contributed by atoms with Gasteiger partial charge in [-0.3, -0.25) is 0 Å². The average Bonchev–Trinajstić information content (AvgIpc) is 2.35. The van der Waals surface area contributed by atoms with E-state index >= 15 is 0 Å². The van der Waals surface area contributed by atoms with Crippen LogP contribution in [0.25, 0.3) is 0 Å². The Kier molecular flexibility index (Phi) is 4.27. The number of hydrogen-bond donors (Lipinski definition) is 2. The standard InChI is InChI=1S/C13H17F2NO2/c14-11-2-1-9(7-12(11)15)13(18)8-16-5-3-10(17)4-6-16/h1-2,7,10,13,17-18H,3-6,8H2. The van der Waals surface area contributed by atoms with Crippen LogP contribution in [0.2, 0.25) is 0 Å². The lowest BCUT2D eigenvalue weighted by Crippen LogP contribution is -2.38. The number of hydrogen-bond acceptors (Lipinski definition) is 3. The van der Waals surface area contributed by atoms with Crippen molar-refractivity contribution in [2.75, 3.05) is 19.6 Å². The van der Waals surface area contributed by atoms with Gasteiger partial charge in [0.1, 0.15) is 0 Å². The van der Waals surface area contributed by atoms with E-state index in [-0.39, 0.29) is 6.10 Å². The first-order valence-electron chi connectivity index (χ1n) is 6.09. The Morgan fingerprint density at radius 1 is 1.22 bits per heavy atom. The van der Waals surface area contributed by atoms with Gasteiger partial charge in [-0.05, 0) is 30.5 Å². The summed E-state index contributed by atoms with van der Waals surface area (Å²) in [5.74, 6) is -1.85. The maximum absolute atomic E-state index is 13.0. The second-order valence-corrected chi connectivity index (χ2v) is 4.72. The van der Waals surface area contributed by atoms with Gasteiger partial charge in [-0.25, -0.2) is 8.78 Å². The van der Waals surface area contributed by atoms with E-state index < -0.39 is 17.7 Å². The molecule has 1 unspecified atom stereocenters. The Morgan fingerprint density at radius 2 is 1.89 bits per heavy atom. The minimum atomic E-state index is -0.944. The molecular weight excluding hydrogens is 240 g/mol. The largest absolute Gasteiger partial charge is 0.393 e. The highest BCUT2D eigenvalue weighted by Crippen LogP contribution is 2.19. The molecule has 0 amide bonds. The zero-order chi connectivity index (χ0) is 13.1. The number of halogens is 2. The van der Waals surface area contributed by atoms with E-state index in [9.17, 15) is 19.0 Å². The van der Waals surface area contributed by atoms with Gasteiger partial charge in [0.05, 0.1) is 12.2 Å². The van der Waals surface area contributed by atoms with Crippen LogP contribution in [0.1, 0.15) is 24.5 Å². The molecule has 1 heterocycles. The van der Waals surface area contributed by atoms with Crippen molar-refractivity contribution in [2.24, 2.45) is 0 Å². The molecule has 2 rings (SSSR count). The number of benzene rings is 1. The Hall–Kier alpha value is -1.04. The third-order valence-electron chi connectivity index (χ3n) is 3.32. The van der Waals surface area contributed by atoms with Gasteiger partial charge in [0.15, 0.2) is 11.6 Å². The van der Waals surface area contributed by atoms with Crippen LogP contribution in [-0.2, 0) is 0 Å². The minimum Gasteiger partial charge on any atom is -0.393 e. The smallest absolute Gasteiger partial charge is 0.159 e. The Morgan fingerprint density at radius 3 is 2.50 bits per heavy atom. The quantitative estimate of drug-likeness (QED) is 0.861. The molecule has 0 aliphatic carbocycles. The molecule has 18 heavy (non-hydrogen) atoms. The van der Waals surface area contributed by atoms with E-state index in [1.54, 1.807) is 0 Å². The first-order chi connectivity index (χ1) is 8.56. The van der Waals surface area contributed by atoms with E-state index in [0.717, 1.165) is 12.1 Å². The van der Waals surface area contributed by atoms with Gasteiger partial charge in [0.25, 0.3) is 0 Å². The maximum Gasteiger partial charge on any atom is 0.159 e. The lowest BCUT2D eigenvalue weighted by atomic mass is 10.1. The molecule has 0 bridgehead atoms. The molecular formula is C13H17F2NO2. The minimum absolute atomic E-state index is 0.262. The molecule has 0 spiro atoms. The van der Waals surface area contributed by atoms with Gasteiger partial charge in [-0.15, -0.1) is 0 Å². The first kappa shape index (κ1) is 13.4. The summed E-state index contributed by atoms with van der Waals surface area (Å²) in [7, 11) is 0. The molecule has 1 fully saturated rings. The van der Waals surface area contributed by atoms with Gasteiger partial charge in [0.2, 0.25) is 0 Å². The molecule has 1 saturated heterocycles. The molecule has 0 aromatic heterocycles. The highest BCUT2D eigenvalue weighted by atomic mass is 19.2. The third-order valence-corrected chi connectivity index (χ3v) is 3.32. The number of β-amino-alcohol motifs (C(OH)–C–C–N with tert-alkyl or cyclic N) is 1. The van der Waals surface area contributed by atoms with E-state index in [1.807, 2.05) is 4.90 Å². The van der Waals surface area contributed by atoms with Gasteiger partial charge >= 0.3 is 0 Å². The Bertz CT molecular complexity index is 406. The zero-order valence-electron chi connectivity index (χ0n) is 10.0. The molecule has 1 aliphatic rings. The lowest BCUT2D eigenvalue weighted by molar-refractivity contribution is 0.0507. The Labute approximate surface area is 105 Å². The number of aliphatic hydroxyl groups is 2. The van der Waals surface area contributed by atoms with Crippen LogP contribution < -0.4 is 0 Å². The summed E-state index contributed by atoms with van der Waals surface area (Å²) in [5.41, 5.74) is 0.375. The highest BCUT2D eigenvalue weighted by Gasteiger charge is 2.20. The summed E-state index contributed by atoms with van der Waals surface area (Å²) in [4.78, 5) is 2.01. The van der Waals surface area contributed by atoms with Crippen molar-refractivity contribution in [1.29, 1.82) is 0 Å². The predicted molar refractivity (Wildman–Crippen MR) is 63.0 cm³/mol. The predicted octanol–water partition coefficient (Wildman–Crippen LogP) is 1.45. The molecule has 100 valence electrons. The van der Waals surface area contributed by atoms with Crippen LogP contribution in [0.3, 0.4) is 0 Å². The van der Waals surface area contributed by atoms with E-state index in [1.165, 1.54) is 6.07 Å². The van der Waals surface area contributed by atoms with Crippen molar-refractivity contribution in [2.45, 2.75) is 25.0 Å². The molecule has 5 heteroatoms.